The Hall–Kier alpha value is -1.98. The Bertz CT molecular complexity index is 504. The Kier molecular flexibility index (Phi) is 3.78. The lowest BCUT2D eigenvalue weighted by Gasteiger charge is -2.34. The number of amides is 2. The van der Waals surface area contributed by atoms with Gasteiger partial charge in [0.2, 0.25) is 11.8 Å². The lowest BCUT2D eigenvalue weighted by Crippen LogP contribution is -2.59. The van der Waals surface area contributed by atoms with Crippen molar-refractivity contribution in [3.05, 3.63) is 29.8 Å². The van der Waals surface area contributed by atoms with E-state index in [0.717, 1.165) is 6.20 Å². The standard InChI is InChI=1S/C13H16FN3O2/c1-8(2)12-13(19)17(7-11(18)16-12)6-9-3-10(14)5-15-4-9/h3-5,8,12H,6-7H2,1-2H3,(H,16,18). The van der Waals surface area contributed by atoms with Gasteiger partial charge in [-0.25, -0.2) is 4.39 Å². The fourth-order valence-corrected chi connectivity index (χ4v) is 2.08. The lowest BCUT2D eigenvalue weighted by atomic mass is 10.0. The third-order valence-corrected chi connectivity index (χ3v) is 3.03. The number of pyridine rings is 1. The highest BCUT2D eigenvalue weighted by molar-refractivity contribution is 5.94. The molecule has 1 aliphatic rings. The van der Waals surface area contributed by atoms with Gasteiger partial charge in [0.1, 0.15) is 11.9 Å². The number of aromatic nitrogens is 1. The quantitative estimate of drug-likeness (QED) is 0.875. The number of rotatable bonds is 3. The van der Waals surface area contributed by atoms with E-state index in [2.05, 4.69) is 10.3 Å². The molecule has 102 valence electrons. The second-order valence-corrected chi connectivity index (χ2v) is 4.99. The topological polar surface area (TPSA) is 62.3 Å². The van der Waals surface area contributed by atoms with Crippen LogP contribution >= 0.6 is 0 Å². The van der Waals surface area contributed by atoms with Crippen LogP contribution in [0.25, 0.3) is 0 Å². The van der Waals surface area contributed by atoms with Crippen LogP contribution in [0.3, 0.4) is 0 Å². The highest BCUT2D eigenvalue weighted by Crippen LogP contribution is 2.14. The molecule has 2 rings (SSSR count). The minimum absolute atomic E-state index is 0.00142. The average Bonchev–Trinajstić information content (AvgIpc) is 2.33. The van der Waals surface area contributed by atoms with Crippen molar-refractivity contribution in [2.45, 2.75) is 26.4 Å². The summed E-state index contributed by atoms with van der Waals surface area (Å²) in [7, 11) is 0. The Morgan fingerprint density at radius 2 is 2.21 bits per heavy atom. The number of carbonyl (C=O) groups is 2. The number of hydrogen-bond donors (Lipinski definition) is 1. The van der Waals surface area contributed by atoms with E-state index in [0.29, 0.717) is 5.56 Å². The molecule has 6 heteroatoms. The molecule has 0 aromatic carbocycles. The van der Waals surface area contributed by atoms with Crippen LogP contribution < -0.4 is 5.32 Å². The highest BCUT2D eigenvalue weighted by atomic mass is 19.1. The molecule has 5 nitrogen and oxygen atoms in total. The molecule has 1 aliphatic heterocycles. The molecule has 1 atom stereocenters. The molecule has 1 aromatic heterocycles. The smallest absolute Gasteiger partial charge is 0.246 e. The summed E-state index contributed by atoms with van der Waals surface area (Å²) >= 11 is 0. The maximum atomic E-state index is 13.1. The van der Waals surface area contributed by atoms with Gasteiger partial charge in [-0.15, -0.1) is 0 Å². The predicted molar refractivity (Wildman–Crippen MR) is 66.4 cm³/mol. The Balaban J connectivity index is 2.14. The monoisotopic (exact) mass is 265 g/mol. The summed E-state index contributed by atoms with van der Waals surface area (Å²) in [4.78, 5) is 29.0. The van der Waals surface area contributed by atoms with Crippen LogP contribution in [0.1, 0.15) is 19.4 Å². The van der Waals surface area contributed by atoms with Gasteiger partial charge in [0.05, 0.1) is 12.7 Å². The summed E-state index contributed by atoms with van der Waals surface area (Å²) in [5, 5.41) is 2.67. The number of nitrogens with one attached hydrogen (secondary N) is 1. The van der Waals surface area contributed by atoms with Gasteiger partial charge >= 0.3 is 0 Å². The maximum absolute atomic E-state index is 13.1. The van der Waals surface area contributed by atoms with Crippen LogP contribution in [0.2, 0.25) is 0 Å². The summed E-state index contributed by atoms with van der Waals surface area (Å²) in [5.74, 6) is -0.766. The summed E-state index contributed by atoms with van der Waals surface area (Å²) in [6.45, 7) is 3.94. The van der Waals surface area contributed by atoms with E-state index in [1.165, 1.54) is 17.2 Å². The second-order valence-electron chi connectivity index (χ2n) is 4.99. The van der Waals surface area contributed by atoms with E-state index in [1.54, 1.807) is 0 Å². The highest BCUT2D eigenvalue weighted by Gasteiger charge is 2.34. The fourth-order valence-electron chi connectivity index (χ4n) is 2.08. The van der Waals surface area contributed by atoms with E-state index in [-0.39, 0.29) is 30.8 Å². The van der Waals surface area contributed by atoms with Crippen LogP contribution in [-0.4, -0.2) is 34.3 Å². The van der Waals surface area contributed by atoms with Crippen molar-refractivity contribution in [1.82, 2.24) is 15.2 Å². The number of carbonyl (C=O) groups excluding carboxylic acids is 2. The molecule has 0 radical (unpaired) electrons. The summed E-state index contributed by atoms with van der Waals surface area (Å²) in [6, 6.07) is 0.805. The first kappa shape index (κ1) is 13.5. The first-order chi connectivity index (χ1) is 8.97. The molecule has 1 fully saturated rings. The van der Waals surface area contributed by atoms with Gasteiger partial charge in [0.25, 0.3) is 0 Å². The fraction of sp³-hybridized carbons (Fsp3) is 0.462. The second kappa shape index (κ2) is 5.34. The van der Waals surface area contributed by atoms with Crippen LogP contribution in [-0.2, 0) is 16.1 Å². The SMILES string of the molecule is CC(C)C1NC(=O)CN(Cc2cncc(F)c2)C1=O. The van der Waals surface area contributed by atoms with Crippen molar-refractivity contribution in [3.63, 3.8) is 0 Å². The maximum Gasteiger partial charge on any atom is 0.246 e. The van der Waals surface area contributed by atoms with Crippen LogP contribution in [0.5, 0.6) is 0 Å². The molecule has 0 saturated carbocycles. The summed E-state index contributed by atoms with van der Waals surface area (Å²) < 4.78 is 13.1. The van der Waals surface area contributed by atoms with Crippen molar-refractivity contribution in [3.8, 4) is 0 Å². The van der Waals surface area contributed by atoms with Gasteiger partial charge in [-0.05, 0) is 17.5 Å². The number of hydrogen-bond acceptors (Lipinski definition) is 3. The van der Waals surface area contributed by atoms with Gasteiger partial charge in [0, 0.05) is 12.7 Å². The minimum Gasteiger partial charge on any atom is -0.343 e. The van der Waals surface area contributed by atoms with Crippen molar-refractivity contribution in [2.24, 2.45) is 5.92 Å². The van der Waals surface area contributed by atoms with Crippen LogP contribution in [0, 0.1) is 11.7 Å². The zero-order valence-electron chi connectivity index (χ0n) is 10.9. The van der Waals surface area contributed by atoms with Crippen molar-refractivity contribution < 1.29 is 14.0 Å². The van der Waals surface area contributed by atoms with Crippen molar-refractivity contribution in [1.29, 1.82) is 0 Å². The predicted octanol–water partition coefficient (Wildman–Crippen LogP) is 0.704. The zero-order chi connectivity index (χ0) is 14.0. The van der Waals surface area contributed by atoms with Gasteiger partial charge in [0.15, 0.2) is 0 Å². The van der Waals surface area contributed by atoms with E-state index < -0.39 is 11.9 Å². The minimum atomic E-state index is -0.511. The Labute approximate surface area is 110 Å². The third kappa shape index (κ3) is 3.07. The third-order valence-electron chi connectivity index (χ3n) is 3.03. The summed E-state index contributed by atoms with van der Waals surface area (Å²) in [6.07, 6.45) is 2.60. The van der Waals surface area contributed by atoms with Gasteiger partial charge in [-0.2, -0.15) is 0 Å². The van der Waals surface area contributed by atoms with E-state index in [9.17, 15) is 14.0 Å². The van der Waals surface area contributed by atoms with E-state index >= 15 is 0 Å². The molecule has 1 N–H and O–H groups in total. The van der Waals surface area contributed by atoms with Crippen LogP contribution in [0.4, 0.5) is 4.39 Å². The molecular formula is C13H16FN3O2. The molecular weight excluding hydrogens is 249 g/mol. The van der Waals surface area contributed by atoms with Gasteiger partial charge in [-0.3, -0.25) is 14.6 Å². The van der Waals surface area contributed by atoms with E-state index in [1.807, 2.05) is 13.8 Å². The molecule has 0 spiro atoms. The normalized spacial score (nSPS) is 19.8. The average molecular weight is 265 g/mol. The van der Waals surface area contributed by atoms with Crippen molar-refractivity contribution >= 4 is 11.8 Å². The van der Waals surface area contributed by atoms with Gasteiger partial charge < -0.3 is 10.2 Å². The largest absolute Gasteiger partial charge is 0.343 e. The molecule has 1 unspecified atom stereocenters. The number of halogens is 1. The van der Waals surface area contributed by atoms with E-state index in [4.69, 9.17) is 0 Å². The molecule has 1 saturated heterocycles. The lowest BCUT2D eigenvalue weighted by molar-refractivity contribution is -0.146. The molecule has 2 amide bonds. The van der Waals surface area contributed by atoms with Gasteiger partial charge in [-0.1, -0.05) is 13.8 Å². The Morgan fingerprint density at radius 3 is 2.84 bits per heavy atom. The zero-order valence-corrected chi connectivity index (χ0v) is 10.9. The van der Waals surface area contributed by atoms with Crippen molar-refractivity contribution in [2.75, 3.05) is 6.54 Å². The number of piperazine rings is 1. The molecule has 0 bridgehead atoms. The first-order valence-electron chi connectivity index (χ1n) is 6.15. The Morgan fingerprint density at radius 1 is 1.47 bits per heavy atom. The molecule has 0 aliphatic carbocycles. The molecule has 2 heterocycles. The molecule has 1 aromatic rings. The number of nitrogens with zero attached hydrogens (tertiary/aromatic N) is 2. The summed E-state index contributed by atoms with van der Waals surface area (Å²) in [5.41, 5.74) is 0.575. The van der Waals surface area contributed by atoms with Crippen LogP contribution in [0.15, 0.2) is 18.5 Å². The first-order valence-corrected chi connectivity index (χ1v) is 6.15. The molecule has 19 heavy (non-hydrogen) atoms.